The molecule has 25 heavy (non-hydrogen) atoms. The maximum absolute atomic E-state index is 13.5. The lowest BCUT2D eigenvalue weighted by molar-refractivity contribution is -0.134. The topological polar surface area (TPSA) is 51.1 Å². The summed E-state index contributed by atoms with van der Waals surface area (Å²) < 4.78 is 76.8. The number of nitrogens with one attached hydrogen (secondary N) is 1. The number of aromatic nitrogens is 1. The molecule has 0 radical (unpaired) electrons. The van der Waals surface area contributed by atoms with E-state index in [4.69, 9.17) is 0 Å². The minimum Gasteiger partial charge on any atom is -0.320 e. The van der Waals surface area contributed by atoms with Crippen LogP contribution in [0.5, 0.6) is 0 Å². The predicted octanol–water partition coefficient (Wildman–Crippen LogP) is 3.89. The summed E-state index contributed by atoms with van der Waals surface area (Å²) in [5, 5.41) is 2.09. The number of nitrogens with zero attached hydrogens (tertiary/aromatic N) is 1. The monoisotopic (exact) mass is 384 g/mol. The Morgan fingerprint density at radius 3 is 2.48 bits per heavy atom. The van der Waals surface area contributed by atoms with Crippen molar-refractivity contribution in [1.82, 2.24) is 4.57 Å². The van der Waals surface area contributed by atoms with Crippen molar-refractivity contribution in [2.75, 3.05) is 5.32 Å². The highest BCUT2D eigenvalue weighted by atomic mass is 32.1. The molecule has 2 heterocycles. The third-order valence-electron chi connectivity index (χ3n) is 3.03. The van der Waals surface area contributed by atoms with E-state index in [1.54, 1.807) is 0 Å². The highest BCUT2D eigenvalue weighted by Crippen LogP contribution is 2.37. The summed E-state index contributed by atoms with van der Waals surface area (Å²) in [7, 11) is 0. The minimum atomic E-state index is -4.62. The van der Waals surface area contributed by atoms with Gasteiger partial charge in [-0.05, 0) is 18.6 Å². The lowest BCUT2D eigenvalue weighted by Gasteiger charge is -2.09. The van der Waals surface area contributed by atoms with Crippen molar-refractivity contribution < 1.29 is 31.1 Å². The normalized spacial score (nSPS) is 11.8. The van der Waals surface area contributed by atoms with Crippen LogP contribution in [0.3, 0.4) is 0 Å². The smallest absolute Gasteiger partial charge is 0.320 e. The van der Waals surface area contributed by atoms with Crippen LogP contribution in [0.2, 0.25) is 0 Å². The van der Waals surface area contributed by atoms with Gasteiger partial charge in [-0.1, -0.05) is 0 Å². The van der Waals surface area contributed by atoms with Crippen molar-refractivity contribution in [1.29, 1.82) is 0 Å². The number of carbonyl (C=O) groups is 1. The van der Waals surface area contributed by atoms with E-state index < -0.39 is 41.3 Å². The zero-order valence-electron chi connectivity index (χ0n) is 12.5. The molecule has 2 rings (SSSR count). The Morgan fingerprint density at radius 1 is 1.32 bits per heavy atom. The molecule has 1 amide bonds. The Hall–Kier alpha value is -2.30. The summed E-state index contributed by atoms with van der Waals surface area (Å²) in [6, 6.07) is 1.61. The van der Waals surface area contributed by atoms with Gasteiger partial charge < -0.3 is 9.88 Å². The quantitative estimate of drug-likeness (QED) is 0.813. The fraction of sp³-hybridized carbons (Fsp3) is 0.286. The molecular weight excluding hydrogens is 374 g/mol. The largest absolute Gasteiger partial charge is 0.425 e. The summed E-state index contributed by atoms with van der Waals surface area (Å²) in [6.07, 6.45) is -6.76. The predicted molar refractivity (Wildman–Crippen MR) is 78.7 cm³/mol. The molecule has 0 fully saturated rings. The van der Waals surface area contributed by atoms with E-state index in [0.717, 1.165) is 12.3 Å². The van der Waals surface area contributed by atoms with E-state index in [1.165, 1.54) is 6.92 Å². The molecule has 136 valence electrons. The minimum absolute atomic E-state index is 0.156. The van der Waals surface area contributed by atoms with Crippen molar-refractivity contribution in [2.24, 2.45) is 0 Å². The van der Waals surface area contributed by atoms with E-state index >= 15 is 0 Å². The van der Waals surface area contributed by atoms with Gasteiger partial charge in [-0.2, -0.15) is 13.2 Å². The summed E-state index contributed by atoms with van der Waals surface area (Å²) >= 11 is 0.197. The van der Waals surface area contributed by atoms with E-state index in [0.29, 0.717) is 10.6 Å². The van der Waals surface area contributed by atoms with E-state index in [1.807, 2.05) is 0 Å². The zero-order chi connectivity index (χ0) is 18.9. The second kappa shape index (κ2) is 6.90. The standard InChI is InChI=1S/C14H10F6N2O2S/c1-6-2-9(25-11(6)14(18,19)20)12(23)21-7-3-8(15)13(24)22(4-7)5-10(16)17/h2-4,10H,5H2,1H3,(H,21,23). The van der Waals surface area contributed by atoms with E-state index in [-0.39, 0.29) is 27.5 Å². The molecule has 0 saturated heterocycles. The second-order valence-corrected chi connectivity index (χ2v) is 6.05. The average Bonchev–Trinajstić information content (AvgIpc) is 2.86. The number of carbonyl (C=O) groups excluding carboxylic acids is 1. The number of hydrogen-bond donors (Lipinski definition) is 1. The summed E-state index contributed by atoms with van der Waals surface area (Å²) in [5.41, 5.74) is -1.79. The third kappa shape index (κ3) is 4.41. The lowest BCUT2D eigenvalue weighted by Crippen LogP contribution is -2.26. The molecule has 0 unspecified atom stereocenters. The molecule has 0 saturated carbocycles. The van der Waals surface area contributed by atoms with Crippen LogP contribution in [-0.4, -0.2) is 16.9 Å². The van der Waals surface area contributed by atoms with Gasteiger partial charge >= 0.3 is 6.18 Å². The van der Waals surface area contributed by atoms with Crippen LogP contribution >= 0.6 is 11.3 Å². The molecule has 0 bridgehead atoms. The van der Waals surface area contributed by atoms with Crippen LogP contribution in [0.4, 0.5) is 32.0 Å². The number of pyridine rings is 1. The lowest BCUT2D eigenvalue weighted by atomic mass is 10.2. The van der Waals surface area contributed by atoms with Crippen LogP contribution in [0.15, 0.2) is 23.1 Å². The molecule has 11 heteroatoms. The summed E-state index contributed by atoms with van der Waals surface area (Å²) in [6.45, 7) is 0.0917. The number of hydrogen-bond acceptors (Lipinski definition) is 3. The first kappa shape index (κ1) is 19.0. The van der Waals surface area contributed by atoms with E-state index in [9.17, 15) is 35.9 Å². The van der Waals surface area contributed by atoms with Crippen molar-refractivity contribution in [3.05, 3.63) is 49.8 Å². The van der Waals surface area contributed by atoms with Gasteiger partial charge in [0.25, 0.3) is 17.9 Å². The third-order valence-corrected chi connectivity index (χ3v) is 4.31. The molecule has 0 atom stereocenters. The van der Waals surface area contributed by atoms with Crippen molar-refractivity contribution >= 4 is 22.9 Å². The van der Waals surface area contributed by atoms with Gasteiger partial charge in [0.15, 0.2) is 5.82 Å². The van der Waals surface area contributed by atoms with E-state index in [2.05, 4.69) is 5.32 Å². The van der Waals surface area contributed by atoms with Gasteiger partial charge in [0, 0.05) is 12.3 Å². The number of thiophene rings is 1. The fourth-order valence-corrected chi connectivity index (χ4v) is 2.96. The SMILES string of the molecule is Cc1cc(C(=O)Nc2cc(F)c(=O)n(CC(F)F)c2)sc1C(F)(F)F. The summed E-state index contributed by atoms with van der Waals surface area (Å²) in [5.74, 6) is -2.36. The molecule has 2 aromatic rings. The maximum Gasteiger partial charge on any atom is 0.425 e. The van der Waals surface area contributed by atoms with Crippen molar-refractivity contribution in [3.63, 3.8) is 0 Å². The van der Waals surface area contributed by atoms with Crippen LogP contribution in [-0.2, 0) is 12.7 Å². The van der Waals surface area contributed by atoms with Gasteiger partial charge in [0.05, 0.1) is 17.1 Å². The van der Waals surface area contributed by atoms with Gasteiger partial charge in [-0.15, -0.1) is 11.3 Å². The van der Waals surface area contributed by atoms with Crippen LogP contribution in [0.25, 0.3) is 0 Å². The number of halogens is 6. The highest BCUT2D eigenvalue weighted by Gasteiger charge is 2.35. The average molecular weight is 384 g/mol. The molecule has 0 aliphatic carbocycles. The highest BCUT2D eigenvalue weighted by molar-refractivity contribution is 7.14. The second-order valence-electron chi connectivity index (χ2n) is 5.00. The molecule has 0 aliphatic heterocycles. The Kier molecular flexibility index (Phi) is 5.26. The van der Waals surface area contributed by atoms with Gasteiger partial charge in [-0.3, -0.25) is 9.59 Å². The number of aryl methyl sites for hydroxylation is 1. The number of rotatable bonds is 4. The number of amides is 1. The van der Waals surface area contributed by atoms with Gasteiger partial charge in [0.1, 0.15) is 4.88 Å². The molecule has 1 N–H and O–H groups in total. The molecule has 4 nitrogen and oxygen atoms in total. The van der Waals surface area contributed by atoms with Crippen molar-refractivity contribution in [3.8, 4) is 0 Å². The summed E-state index contributed by atoms with van der Waals surface area (Å²) in [4.78, 5) is 22.2. The molecule has 0 aromatic carbocycles. The molecule has 0 aliphatic rings. The zero-order valence-corrected chi connectivity index (χ0v) is 13.3. The Balaban J connectivity index is 2.29. The van der Waals surface area contributed by atoms with Crippen LogP contribution in [0, 0.1) is 12.7 Å². The van der Waals surface area contributed by atoms with Crippen LogP contribution < -0.4 is 10.9 Å². The fourth-order valence-electron chi connectivity index (χ4n) is 2.02. The molecular formula is C14H10F6N2O2S. The molecule has 2 aromatic heterocycles. The first-order valence-electron chi connectivity index (χ1n) is 6.66. The Labute approximate surface area is 140 Å². The Bertz CT molecular complexity index is 856. The maximum atomic E-state index is 13.5. The van der Waals surface area contributed by atoms with Crippen LogP contribution in [0.1, 0.15) is 20.1 Å². The molecule has 0 spiro atoms. The first-order valence-corrected chi connectivity index (χ1v) is 7.48. The number of alkyl halides is 5. The Morgan fingerprint density at radius 2 is 1.96 bits per heavy atom. The first-order chi connectivity index (χ1) is 11.5. The number of anilines is 1. The van der Waals surface area contributed by atoms with Gasteiger partial charge in [-0.25, -0.2) is 13.2 Å². The van der Waals surface area contributed by atoms with Gasteiger partial charge in [0.2, 0.25) is 0 Å². The van der Waals surface area contributed by atoms with Crippen molar-refractivity contribution in [2.45, 2.75) is 26.1 Å².